The summed E-state index contributed by atoms with van der Waals surface area (Å²) in [5.41, 5.74) is 2.77. The lowest BCUT2D eigenvalue weighted by Crippen LogP contribution is -2.47. The van der Waals surface area contributed by atoms with Crippen LogP contribution in [0.15, 0.2) is 6.33 Å². The van der Waals surface area contributed by atoms with Crippen LogP contribution in [0.1, 0.15) is 62.4 Å². The van der Waals surface area contributed by atoms with Gasteiger partial charge in [-0.2, -0.15) is 0 Å². The fourth-order valence-electron chi connectivity index (χ4n) is 4.12. The molecule has 0 aliphatic heterocycles. The summed E-state index contributed by atoms with van der Waals surface area (Å²) in [6, 6.07) is 1.19. The van der Waals surface area contributed by atoms with E-state index in [9.17, 15) is 5.11 Å². The van der Waals surface area contributed by atoms with Crippen molar-refractivity contribution in [3.8, 4) is 0 Å². The number of fused-ring (bicyclic) bond motifs is 1. The van der Waals surface area contributed by atoms with E-state index in [1.807, 2.05) is 0 Å². The molecule has 3 aliphatic carbocycles. The van der Waals surface area contributed by atoms with E-state index >= 15 is 0 Å². The lowest BCUT2D eigenvalue weighted by atomic mass is 9.97. The van der Waals surface area contributed by atoms with Gasteiger partial charge in [-0.25, -0.2) is 4.98 Å². The van der Waals surface area contributed by atoms with Gasteiger partial charge in [-0.15, -0.1) is 0 Å². The van der Waals surface area contributed by atoms with E-state index < -0.39 is 0 Å². The second kappa shape index (κ2) is 4.85. The van der Waals surface area contributed by atoms with E-state index in [-0.39, 0.29) is 12.1 Å². The third-order valence-electron chi connectivity index (χ3n) is 5.43. The molecule has 0 spiro atoms. The van der Waals surface area contributed by atoms with Gasteiger partial charge in [0.05, 0.1) is 18.6 Å². The van der Waals surface area contributed by atoms with Gasteiger partial charge in [0.15, 0.2) is 0 Å². The highest BCUT2D eigenvalue weighted by Gasteiger charge is 2.43. The molecule has 110 valence electrons. The van der Waals surface area contributed by atoms with Crippen molar-refractivity contribution in [2.24, 2.45) is 0 Å². The summed E-state index contributed by atoms with van der Waals surface area (Å²) in [6.45, 7) is 0.275. The van der Waals surface area contributed by atoms with Gasteiger partial charge in [-0.1, -0.05) is 0 Å². The second-order valence-electron chi connectivity index (χ2n) is 7.01. The van der Waals surface area contributed by atoms with Crippen LogP contribution in [-0.2, 0) is 12.8 Å². The number of hydrogen-bond acceptors (Lipinski definition) is 3. The smallest absolute Gasteiger partial charge is 0.0954 e. The van der Waals surface area contributed by atoms with Crippen LogP contribution in [-0.4, -0.2) is 32.8 Å². The number of hydrogen-bond donors (Lipinski definition) is 2. The van der Waals surface area contributed by atoms with Gasteiger partial charge in [-0.05, 0) is 57.8 Å². The molecule has 0 aromatic carbocycles. The first kappa shape index (κ1) is 12.8. The third kappa shape index (κ3) is 2.19. The van der Waals surface area contributed by atoms with E-state index in [0.29, 0.717) is 12.1 Å². The predicted molar refractivity (Wildman–Crippen MR) is 77.7 cm³/mol. The van der Waals surface area contributed by atoms with Crippen LogP contribution < -0.4 is 5.32 Å². The van der Waals surface area contributed by atoms with Crippen molar-refractivity contribution in [2.45, 2.75) is 75.4 Å². The maximum Gasteiger partial charge on any atom is 0.0954 e. The van der Waals surface area contributed by atoms with E-state index in [4.69, 9.17) is 0 Å². The summed E-state index contributed by atoms with van der Waals surface area (Å²) in [6.07, 6.45) is 12.9. The zero-order valence-electron chi connectivity index (χ0n) is 12.1. The van der Waals surface area contributed by atoms with Crippen molar-refractivity contribution in [1.29, 1.82) is 0 Å². The average Bonchev–Trinajstić information content (AvgIpc) is 3.03. The Kier molecular flexibility index (Phi) is 3.11. The number of imidazole rings is 1. The van der Waals surface area contributed by atoms with E-state index in [0.717, 1.165) is 19.3 Å². The predicted octanol–water partition coefficient (Wildman–Crippen LogP) is 1.97. The van der Waals surface area contributed by atoms with Gasteiger partial charge in [0.25, 0.3) is 0 Å². The van der Waals surface area contributed by atoms with Crippen LogP contribution in [0.2, 0.25) is 0 Å². The number of aromatic nitrogens is 2. The summed E-state index contributed by atoms with van der Waals surface area (Å²) in [5, 5.41) is 13.6. The molecule has 0 bridgehead atoms. The Bertz CT molecular complexity index is 494. The molecule has 2 fully saturated rings. The minimum atomic E-state index is -0.0301. The number of nitrogens with one attached hydrogen (secondary N) is 1. The van der Waals surface area contributed by atoms with Gasteiger partial charge in [-0.3, -0.25) is 0 Å². The number of aliphatic hydroxyl groups is 1. The molecule has 2 unspecified atom stereocenters. The highest BCUT2D eigenvalue weighted by Crippen LogP contribution is 2.41. The van der Waals surface area contributed by atoms with Gasteiger partial charge in [0, 0.05) is 23.3 Å². The molecule has 1 aromatic heterocycles. The molecule has 2 atom stereocenters. The largest absolute Gasteiger partial charge is 0.394 e. The van der Waals surface area contributed by atoms with Crippen LogP contribution in [0.25, 0.3) is 0 Å². The van der Waals surface area contributed by atoms with Gasteiger partial charge in [0.2, 0.25) is 0 Å². The summed E-state index contributed by atoms with van der Waals surface area (Å²) in [7, 11) is 0. The van der Waals surface area contributed by atoms with Crippen LogP contribution in [0, 0.1) is 0 Å². The molecule has 0 saturated heterocycles. The normalized spacial score (nSPS) is 33.4. The second-order valence-corrected chi connectivity index (χ2v) is 7.01. The molecular weight excluding hydrogens is 250 g/mol. The zero-order chi connectivity index (χ0) is 13.6. The van der Waals surface area contributed by atoms with Crippen molar-refractivity contribution < 1.29 is 5.11 Å². The topological polar surface area (TPSA) is 50.1 Å². The van der Waals surface area contributed by atoms with Crippen molar-refractivity contribution in [2.75, 3.05) is 6.61 Å². The van der Waals surface area contributed by atoms with Crippen molar-refractivity contribution in [3.05, 3.63) is 17.7 Å². The number of aryl methyl sites for hydroxylation is 1. The first-order valence-electron chi connectivity index (χ1n) is 8.23. The summed E-state index contributed by atoms with van der Waals surface area (Å²) in [5.74, 6) is 0. The SMILES string of the molecule is OCC1(NC2CC2)CCC(n2cnc3c2CCCC3)C1. The monoisotopic (exact) mass is 275 g/mol. The third-order valence-corrected chi connectivity index (χ3v) is 5.43. The fourth-order valence-corrected chi connectivity index (χ4v) is 4.12. The molecule has 20 heavy (non-hydrogen) atoms. The van der Waals surface area contributed by atoms with E-state index in [1.54, 1.807) is 0 Å². The molecular formula is C16H25N3O. The number of rotatable bonds is 4. The van der Waals surface area contributed by atoms with Gasteiger partial charge in [0.1, 0.15) is 0 Å². The van der Waals surface area contributed by atoms with Crippen molar-refractivity contribution in [3.63, 3.8) is 0 Å². The molecule has 1 aromatic rings. The number of nitrogens with zero attached hydrogens (tertiary/aromatic N) is 2. The molecule has 4 rings (SSSR count). The molecule has 4 heteroatoms. The summed E-state index contributed by atoms with van der Waals surface area (Å²) in [4.78, 5) is 4.63. The quantitative estimate of drug-likeness (QED) is 0.883. The Morgan fingerprint density at radius 2 is 2.15 bits per heavy atom. The lowest BCUT2D eigenvalue weighted by molar-refractivity contribution is 0.158. The molecule has 4 nitrogen and oxygen atoms in total. The van der Waals surface area contributed by atoms with Gasteiger partial charge < -0.3 is 15.0 Å². The van der Waals surface area contributed by atoms with E-state index in [2.05, 4.69) is 21.2 Å². The highest BCUT2D eigenvalue weighted by atomic mass is 16.3. The Labute approximate surface area is 120 Å². The van der Waals surface area contributed by atoms with Crippen molar-refractivity contribution in [1.82, 2.24) is 14.9 Å². The van der Waals surface area contributed by atoms with Crippen LogP contribution in [0.4, 0.5) is 0 Å². The Hall–Kier alpha value is -0.870. The molecule has 2 N–H and O–H groups in total. The highest BCUT2D eigenvalue weighted by molar-refractivity contribution is 5.18. The average molecular weight is 275 g/mol. The van der Waals surface area contributed by atoms with Crippen LogP contribution >= 0.6 is 0 Å². The Balaban J connectivity index is 1.53. The fraction of sp³-hybridized carbons (Fsp3) is 0.812. The van der Waals surface area contributed by atoms with Crippen LogP contribution in [0.5, 0.6) is 0 Å². The molecule has 0 radical (unpaired) electrons. The number of aliphatic hydroxyl groups excluding tert-OH is 1. The molecule has 0 amide bonds. The zero-order valence-corrected chi connectivity index (χ0v) is 12.1. The lowest BCUT2D eigenvalue weighted by Gasteiger charge is -2.29. The summed E-state index contributed by atoms with van der Waals surface area (Å²) < 4.78 is 2.43. The first-order chi connectivity index (χ1) is 9.80. The minimum absolute atomic E-state index is 0.0301. The van der Waals surface area contributed by atoms with Gasteiger partial charge >= 0.3 is 0 Å². The Morgan fingerprint density at radius 1 is 1.30 bits per heavy atom. The van der Waals surface area contributed by atoms with E-state index in [1.165, 1.54) is 49.9 Å². The molecule has 2 saturated carbocycles. The van der Waals surface area contributed by atoms with Crippen LogP contribution in [0.3, 0.4) is 0 Å². The standard InChI is InChI=1S/C16H25N3O/c20-10-16(18-12-5-6-12)8-7-13(9-16)19-11-17-14-3-1-2-4-15(14)19/h11-13,18,20H,1-10H2. The Morgan fingerprint density at radius 3 is 2.95 bits per heavy atom. The minimum Gasteiger partial charge on any atom is -0.394 e. The van der Waals surface area contributed by atoms with Crippen molar-refractivity contribution >= 4 is 0 Å². The molecule has 1 heterocycles. The molecule has 3 aliphatic rings. The maximum atomic E-state index is 9.86. The summed E-state index contributed by atoms with van der Waals surface area (Å²) >= 11 is 0. The first-order valence-corrected chi connectivity index (χ1v) is 8.23. The maximum absolute atomic E-state index is 9.86.